The monoisotopic (exact) mass is 388 g/mol. The summed E-state index contributed by atoms with van der Waals surface area (Å²) in [5.41, 5.74) is 2.51. The zero-order valence-corrected chi connectivity index (χ0v) is 16.0. The number of amides is 2. The Labute approximate surface area is 163 Å². The highest BCUT2D eigenvalue weighted by atomic mass is 35.5. The van der Waals surface area contributed by atoms with Gasteiger partial charge in [0.1, 0.15) is 12.4 Å². The minimum absolute atomic E-state index is 0.227. The Bertz CT molecular complexity index is 856. The molecule has 0 spiro atoms. The van der Waals surface area contributed by atoms with Crippen molar-refractivity contribution >= 4 is 29.3 Å². The molecule has 1 fully saturated rings. The number of halogens is 1. The van der Waals surface area contributed by atoms with Gasteiger partial charge in [-0.25, -0.2) is 4.79 Å². The number of carbonyl (C=O) groups excluding carboxylic acids is 2. The van der Waals surface area contributed by atoms with E-state index < -0.39 is 6.10 Å². The van der Waals surface area contributed by atoms with Gasteiger partial charge in [0.05, 0.1) is 6.54 Å². The fraction of sp³-hybridized carbons (Fsp3) is 0.300. The third-order valence-electron chi connectivity index (χ3n) is 4.26. The molecule has 27 heavy (non-hydrogen) atoms. The van der Waals surface area contributed by atoms with Crippen LogP contribution in [0.25, 0.3) is 0 Å². The highest BCUT2D eigenvalue weighted by Gasteiger charge is 2.23. The van der Waals surface area contributed by atoms with E-state index in [2.05, 4.69) is 5.32 Å². The summed E-state index contributed by atoms with van der Waals surface area (Å²) in [6.45, 7) is 4.82. The lowest BCUT2D eigenvalue weighted by Gasteiger charge is -2.17. The standard InChI is InChI=1S/C20H21ClN2O4/c1-13-10-16(21)6-7-18(13)27-14(2)19(24)22-12-15-4-3-5-17(11-15)23-8-9-26-20(23)25/h3-7,10-11,14H,8-9,12H2,1-2H3,(H,22,24). The van der Waals surface area contributed by atoms with Crippen LogP contribution in [0, 0.1) is 6.92 Å². The van der Waals surface area contributed by atoms with E-state index in [1.807, 2.05) is 31.2 Å². The van der Waals surface area contributed by atoms with Crippen molar-refractivity contribution in [2.24, 2.45) is 0 Å². The lowest BCUT2D eigenvalue weighted by atomic mass is 10.2. The molecule has 1 unspecified atom stereocenters. The molecule has 142 valence electrons. The predicted molar refractivity (Wildman–Crippen MR) is 103 cm³/mol. The molecule has 0 bridgehead atoms. The van der Waals surface area contributed by atoms with Gasteiger partial charge in [0.25, 0.3) is 5.91 Å². The minimum Gasteiger partial charge on any atom is -0.481 e. The van der Waals surface area contributed by atoms with E-state index in [0.717, 1.165) is 16.8 Å². The van der Waals surface area contributed by atoms with Gasteiger partial charge in [-0.1, -0.05) is 23.7 Å². The maximum atomic E-state index is 12.3. The molecule has 0 radical (unpaired) electrons. The lowest BCUT2D eigenvalue weighted by Crippen LogP contribution is -2.36. The molecular formula is C20H21ClN2O4. The number of carbonyl (C=O) groups is 2. The molecular weight excluding hydrogens is 368 g/mol. The summed E-state index contributed by atoms with van der Waals surface area (Å²) in [6, 6.07) is 12.7. The van der Waals surface area contributed by atoms with E-state index in [0.29, 0.717) is 30.5 Å². The second-order valence-electron chi connectivity index (χ2n) is 6.32. The Morgan fingerprint density at radius 2 is 2.15 bits per heavy atom. The van der Waals surface area contributed by atoms with Gasteiger partial charge in [0.15, 0.2) is 6.10 Å². The number of hydrogen-bond donors (Lipinski definition) is 1. The minimum atomic E-state index is -0.651. The number of aryl methyl sites for hydroxylation is 1. The highest BCUT2D eigenvalue weighted by Crippen LogP contribution is 2.23. The number of nitrogens with zero attached hydrogens (tertiary/aromatic N) is 1. The van der Waals surface area contributed by atoms with Gasteiger partial charge in [-0.2, -0.15) is 0 Å². The zero-order valence-electron chi connectivity index (χ0n) is 15.2. The number of rotatable bonds is 6. The molecule has 6 nitrogen and oxygen atoms in total. The molecule has 0 aliphatic carbocycles. The number of benzene rings is 2. The average Bonchev–Trinajstić information content (AvgIpc) is 3.08. The third kappa shape index (κ3) is 4.71. The van der Waals surface area contributed by atoms with Crippen LogP contribution in [0.2, 0.25) is 5.02 Å². The summed E-state index contributed by atoms with van der Waals surface area (Å²) >= 11 is 5.94. The van der Waals surface area contributed by atoms with E-state index in [1.165, 1.54) is 0 Å². The Hall–Kier alpha value is -2.73. The summed E-state index contributed by atoms with van der Waals surface area (Å²) in [4.78, 5) is 25.6. The second kappa shape index (κ2) is 8.31. The summed E-state index contributed by atoms with van der Waals surface area (Å²) in [7, 11) is 0. The molecule has 2 aromatic rings. The van der Waals surface area contributed by atoms with Gasteiger partial charge in [0.2, 0.25) is 0 Å². The van der Waals surface area contributed by atoms with Crippen molar-refractivity contribution < 1.29 is 19.1 Å². The predicted octanol–water partition coefficient (Wildman–Crippen LogP) is 3.69. The van der Waals surface area contributed by atoms with Gasteiger partial charge in [-0.05, 0) is 55.3 Å². The van der Waals surface area contributed by atoms with Crippen molar-refractivity contribution in [2.45, 2.75) is 26.5 Å². The van der Waals surface area contributed by atoms with Gasteiger partial charge in [-0.3, -0.25) is 9.69 Å². The van der Waals surface area contributed by atoms with Gasteiger partial charge >= 0.3 is 6.09 Å². The fourth-order valence-corrected chi connectivity index (χ4v) is 3.01. The first kappa shape index (κ1) is 19.0. The number of cyclic esters (lactones) is 1. The molecule has 0 saturated carbocycles. The van der Waals surface area contributed by atoms with Crippen LogP contribution in [0.15, 0.2) is 42.5 Å². The number of ether oxygens (including phenoxy) is 2. The SMILES string of the molecule is Cc1cc(Cl)ccc1OC(C)C(=O)NCc1cccc(N2CCOC2=O)c1. The van der Waals surface area contributed by atoms with E-state index >= 15 is 0 Å². The Balaban J connectivity index is 1.57. The first-order valence-corrected chi connectivity index (χ1v) is 9.05. The summed E-state index contributed by atoms with van der Waals surface area (Å²) in [5, 5.41) is 3.48. The van der Waals surface area contributed by atoms with Crippen molar-refractivity contribution in [2.75, 3.05) is 18.1 Å². The van der Waals surface area contributed by atoms with E-state index in [9.17, 15) is 9.59 Å². The van der Waals surface area contributed by atoms with Crippen LogP contribution in [0.3, 0.4) is 0 Å². The molecule has 1 aliphatic heterocycles. The maximum Gasteiger partial charge on any atom is 0.414 e. The summed E-state index contributed by atoms with van der Waals surface area (Å²) in [6.07, 6.45) is -1.00. The number of nitrogens with one attached hydrogen (secondary N) is 1. The molecule has 1 heterocycles. The van der Waals surface area contributed by atoms with Crippen LogP contribution in [-0.4, -0.2) is 31.3 Å². The van der Waals surface area contributed by atoms with Gasteiger partial charge < -0.3 is 14.8 Å². The number of anilines is 1. The van der Waals surface area contributed by atoms with E-state index in [4.69, 9.17) is 21.1 Å². The van der Waals surface area contributed by atoms with E-state index in [1.54, 1.807) is 30.0 Å². The average molecular weight is 389 g/mol. The topological polar surface area (TPSA) is 67.9 Å². The molecule has 2 aromatic carbocycles. The van der Waals surface area contributed by atoms with Crippen molar-refractivity contribution in [3.63, 3.8) is 0 Å². The maximum absolute atomic E-state index is 12.3. The van der Waals surface area contributed by atoms with Gasteiger partial charge in [0, 0.05) is 17.3 Å². The van der Waals surface area contributed by atoms with Crippen molar-refractivity contribution in [3.05, 3.63) is 58.6 Å². The summed E-state index contributed by atoms with van der Waals surface area (Å²) in [5.74, 6) is 0.395. The molecule has 0 aromatic heterocycles. The molecule has 7 heteroatoms. The van der Waals surface area contributed by atoms with Crippen LogP contribution in [0.1, 0.15) is 18.1 Å². The molecule has 1 N–H and O–H groups in total. The Morgan fingerprint density at radius 3 is 2.85 bits per heavy atom. The van der Waals surface area contributed by atoms with Crippen molar-refractivity contribution in [1.29, 1.82) is 0 Å². The molecule has 1 saturated heterocycles. The highest BCUT2D eigenvalue weighted by molar-refractivity contribution is 6.30. The van der Waals surface area contributed by atoms with Crippen LogP contribution >= 0.6 is 11.6 Å². The summed E-state index contributed by atoms with van der Waals surface area (Å²) < 4.78 is 10.7. The normalized spacial score (nSPS) is 14.6. The van der Waals surface area contributed by atoms with Crippen LogP contribution in [-0.2, 0) is 16.1 Å². The fourth-order valence-electron chi connectivity index (χ4n) is 2.78. The molecule has 3 rings (SSSR count). The van der Waals surface area contributed by atoms with Crippen molar-refractivity contribution in [1.82, 2.24) is 5.32 Å². The van der Waals surface area contributed by atoms with Crippen LogP contribution < -0.4 is 15.0 Å². The zero-order chi connectivity index (χ0) is 19.4. The van der Waals surface area contributed by atoms with Crippen LogP contribution in [0.4, 0.5) is 10.5 Å². The molecule has 1 atom stereocenters. The Kier molecular flexibility index (Phi) is 5.86. The molecule has 2 amide bonds. The first-order valence-electron chi connectivity index (χ1n) is 8.68. The van der Waals surface area contributed by atoms with E-state index in [-0.39, 0.29) is 12.0 Å². The second-order valence-corrected chi connectivity index (χ2v) is 6.76. The van der Waals surface area contributed by atoms with Crippen LogP contribution in [0.5, 0.6) is 5.75 Å². The quantitative estimate of drug-likeness (QED) is 0.819. The number of hydrogen-bond acceptors (Lipinski definition) is 4. The third-order valence-corrected chi connectivity index (χ3v) is 4.49. The Morgan fingerprint density at radius 1 is 1.33 bits per heavy atom. The largest absolute Gasteiger partial charge is 0.481 e. The van der Waals surface area contributed by atoms with Crippen molar-refractivity contribution in [3.8, 4) is 5.75 Å². The van der Waals surface area contributed by atoms with Gasteiger partial charge in [-0.15, -0.1) is 0 Å². The molecule has 1 aliphatic rings. The smallest absolute Gasteiger partial charge is 0.414 e. The lowest BCUT2D eigenvalue weighted by molar-refractivity contribution is -0.127. The first-order chi connectivity index (χ1) is 12.9.